The lowest BCUT2D eigenvalue weighted by Gasteiger charge is -2.12. The number of anilines is 1. The third kappa shape index (κ3) is 3.05. The molecular formula is C11H8F3N3O3. The van der Waals surface area contributed by atoms with Crippen LogP contribution in [0.3, 0.4) is 0 Å². The van der Waals surface area contributed by atoms with Crippen molar-refractivity contribution in [1.82, 2.24) is 10.1 Å². The molecule has 0 unspecified atom stereocenters. The van der Waals surface area contributed by atoms with Gasteiger partial charge >= 0.3 is 12.1 Å². The third-order valence-corrected chi connectivity index (χ3v) is 2.42. The van der Waals surface area contributed by atoms with Crippen LogP contribution >= 0.6 is 0 Å². The molecule has 2 rings (SSSR count). The zero-order valence-electron chi connectivity index (χ0n) is 9.81. The second kappa shape index (κ2) is 5.19. The number of carbonyl (C=O) groups is 1. The normalized spacial score (nSPS) is 11.3. The molecule has 0 radical (unpaired) electrons. The summed E-state index contributed by atoms with van der Waals surface area (Å²) in [5, 5.41) is 15.1. The number of nitrogens with zero attached hydrogens (tertiary/aromatic N) is 2. The second-order valence-electron chi connectivity index (χ2n) is 3.76. The van der Waals surface area contributed by atoms with Crippen molar-refractivity contribution in [3.8, 4) is 0 Å². The summed E-state index contributed by atoms with van der Waals surface area (Å²) in [6.07, 6.45) is -3.52. The van der Waals surface area contributed by atoms with Gasteiger partial charge in [-0.2, -0.15) is 18.2 Å². The van der Waals surface area contributed by atoms with Crippen LogP contribution in [0.4, 0.5) is 18.9 Å². The first-order chi connectivity index (χ1) is 9.38. The Hall–Kier alpha value is -2.58. The largest absolute Gasteiger partial charge is 0.478 e. The molecule has 9 heteroatoms. The summed E-state index contributed by atoms with van der Waals surface area (Å²) in [7, 11) is 0. The third-order valence-electron chi connectivity index (χ3n) is 2.42. The van der Waals surface area contributed by atoms with Gasteiger partial charge in [0, 0.05) is 5.69 Å². The van der Waals surface area contributed by atoms with Gasteiger partial charge in [0.05, 0.1) is 17.7 Å². The van der Waals surface area contributed by atoms with Gasteiger partial charge in [-0.1, -0.05) is 5.16 Å². The monoisotopic (exact) mass is 287 g/mol. The van der Waals surface area contributed by atoms with Crippen molar-refractivity contribution < 1.29 is 27.6 Å². The number of hydrogen-bond donors (Lipinski definition) is 2. The van der Waals surface area contributed by atoms with Gasteiger partial charge in [0.2, 0.25) is 6.39 Å². The van der Waals surface area contributed by atoms with E-state index in [2.05, 4.69) is 20.0 Å². The molecule has 20 heavy (non-hydrogen) atoms. The fraction of sp³-hybridized carbons (Fsp3) is 0.182. The quantitative estimate of drug-likeness (QED) is 0.897. The lowest BCUT2D eigenvalue weighted by atomic mass is 10.1. The van der Waals surface area contributed by atoms with Crippen LogP contribution < -0.4 is 5.32 Å². The number of alkyl halides is 3. The lowest BCUT2D eigenvalue weighted by Crippen LogP contribution is -2.11. The number of aromatic nitrogens is 2. The number of aromatic carboxylic acids is 1. The van der Waals surface area contributed by atoms with E-state index in [1.165, 1.54) is 0 Å². The van der Waals surface area contributed by atoms with Crippen LogP contribution in [0.1, 0.15) is 21.7 Å². The predicted molar refractivity (Wildman–Crippen MR) is 60.0 cm³/mol. The molecule has 0 aliphatic heterocycles. The summed E-state index contributed by atoms with van der Waals surface area (Å²) in [4.78, 5) is 14.7. The number of nitrogens with one attached hydrogen (secondary N) is 1. The molecule has 6 nitrogen and oxygen atoms in total. The molecule has 1 heterocycles. The fourth-order valence-electron chi connectivity index (χ4n) is 1.50. The smallest absolute Gasteiger partial charge is 0.416 e. The minimum absolute atomic E-state index is 0.0299. The predicted octanol–water partition coefficient (Wildman–Crippen LogP) is 2.40. The number of carboxylic acids is 1. The van der Waals surface area contributed by atoms with Gasteiger partial charge in [-0.15, -0.1) is 0 Å². The van der Waals surface area contributed by atoms with Crippen LogP contribution in [0, 0.1) is 0 Å². The van der Waals surface area contributed by atoms with Gasteiger partial charge in [-0.05, 0) is 18.2 Å². The van der Waals surface area contributed by atoms with Crippen molar-refractivity contribution in [1.29, 1.82) is 0 Å². The highest BCUT2D eigenvalue weighted by Gasteiger charge is 2.31. The van der Waals surface area contributed by atoms with Crippen LogP contribution in [0.2, 0.25) is 0 Å². The zero-order valence-corrected chi connectivity index (χ0v) is 9.81. The molecule has 1 aromatic carbocycles. The Bertz CT molecular complexity index is 611. The van der Waals surface area contributed by atoms with Crippen molar-refractivity contribution in [2.45, 2.75) is 12.7 Å². The van der Waals surface area contributed by atoms with Crippen LogP contribution in [0.15, 0.2) is 29.1 Å². The molecule has 2 aromatic rings. The van der Waals surface area contributed by atoms with E-state index >= 15 is 0 Å². The number of carboxylic acid groups (broad SMARTS) is 1. The Morgan fingerprint density at radius 1 is 1.40 bits per heavy atom. The van der Waals surface area contributed by atoms with Gasteiger partial charge in [0.1, 0.15) is 0 Å². The maximum Gasteiger partial charge on any atom is 0.416 e. The first kappa shape index (κ1) is 13.8. The van der Waals surface area contributed by atoms with Crippen LogP contribution in [0.5, 0.6) is 0 Å². The number of rotatable bonds is 4. The zero-order chi connectivity index (χ0) is 14.8. The van der Waals surface area contributed by atoms with Crippen molar-refractivity contribution in [2.75, 3.05) is 5.32 Å². The van der Waals surface area contributed by atoms with E-state index in [0.29, 0.717) is 6.07 Å². The van der Waals surface area contributed by atoms with Crippen LogP contribution in [0.25, 0.3) is 0 Å². The Morgan fingerprint density at radius 3 is 2.70 bits per heavy atom. The molecule has 2 N–H and O–H groups in total. The van der Waals surface area contributed by atoms with Crippen molar-refractivity contribution in [3.05, 3.63) is 41.5 Å². The lowest BCUT2D eigenvalue weighted by molar-refractivity contribution is -0.137. The van der Waals surface area contributed by atoms with Crippen molar-refractivity contribution in [3.63, 3.8) is 0 Å². The topological polar surface area (TPSA) is 88.2 Å². The molecule has 0 atom stereocenters. The maximum absolute atomic E-state index is 12.5. The Labute approximate surface area is 110 Å². The van der Waals surface area contributed by atoms with Gasteiger partial charge < -0.3 is 14.9 Å². The number of benzene rings is 1. The van der Waals surface area contributed by atoms with Crippen LogP contribution in [-0.2, 0) is 12.7 Å². The number of halogens is 3. The summed E-state index contributed by atoms with van der Waals surface area (Å²) >= 11 is 0. The van der Waals surface area contributed by atoms with E-state index < -0.39 is 23.3 Å². The molecule has 0 spiro atoms. The highest BCUT2D eigenvalue weighted by molar-refractivity contribution is 5.94. The summed E-state index contributed by atoms with van der Waals surface area (Å²) < 4.78 is 42.1. The average molecular weight is 287 g/mol. The van der Waals surface area contributed by atoms with E-state index in [1.54, 1.807) is 0 Å². The van der Waals surface area contributed by atoms with Crippen LogP contribution in [-0.4, -0.2) is 21.2 Å². The minimum Gasteiger partial charge on any atom is -0.478 e. The highest BCUT2D eigenvalue weighted by atomic mass is 19.4. The molecular weight excluding hydrogens is 279 g/mol. The molecule has 0 fully saturated rings. The number of hydrogen-bond acceptors (Lipinski definition) is 5. The first-order valence-corrected chi connectivity index (χ1v) is 5.31. The Balaban J connectivity index is 2.26. The van der Waals surface area contributed by atoms with Gasteiger partial charge in [0.25, 0.3) is 0 Å². The Morgan fingerprint density at radius 2 is 2.15 bits per heavy atom. The van der Waals surface area contributed by atoms with E-state index in [-0.39, 0.29) is 18.1 Å². The minimum atomic E-state index is -4.60. The molecule has 0 amide bonds. The first-order valence-electron chi connectivity index (χ1n) is 5.31. The van der Waals surface area contributed by atoms with E-state index in [9.17, 15) is 18.0 Å². The van der Waals surface area contributed by atoms with Gasteiger partial charge in [-0.25, -0.2) is 4.79 Å². The molecule has 0 bridgehead atoms. The van der Waals surface area contributed by atoms with E-state index in [1.807, 2.05) is 0 Å². The van der Waals surface area contributed by atoms with E-state index in [0.717, 1.165) is 18.5 Å². The molecule has 0 aliphatic carbocycles. The average Bonchev–Trinajstić information content (AvgIpc) is 2.88. The van der Waals surface area contributed by atoms with Crippen molar-refractivity contribution in [2.24, 2.45) is 0 Å². The van der Waals surface area contributed by atoms with Gasteiger partial charge in [0.15, 0.2) is 5.82 Å². The maximum atomic E-state index is 12.5. The molecule has 1 aromatic heterocycles. The molecule has 0 saturated heterocycles. The highest BCUT2D eigenvalue weighted by Crippen LogP contribution is 2.31. The summed E-state index contributed by atoms with van der Waals surface area (Å²) in [5.41, 5.74) is -1.47. The van der Waals surface area contributed by atoms with Crippen molar-refractivity contribution >= 4 is 11.7 Å². The summed E-state index contributed by atoms with van der Waals surface area (Å²) in [5.74, 6) is -1.21. The SMILES string of the molecule is O=C(O)c1cc(C(F)(F)F)ccc1NCc1ncon1. The summed E-state index contributed by atoms with van der Waals surface area (Å²) in [6.45, 7) is 0.0299. The second-order valence-corrected chi connectivity index (χ2v) is 3.76. The standard InChI is InChI=1S/C11H8F3N3O3/c12-11(13,14)6-1-2-8(7(3-6)10(18)19)15-4-9-16-5-20-17-9/h1-3,5,15H,4H2,(H,18,19). The molecule has 106 valence electrons. The molecule has 0 aliphatic rings. The molecule has 0 saturated carbocycles. The van der Waals surface area contributed by atoms with Gasteiger partial charge in [-0.3, -0.25) is 0 Å². The summed E-state index contributed by atoms with van der Waals surface area (Å²) in [6, 6.07) is 2.41. The fourth-order valence-corrected chi connectivity index (χ4v) is 1.50. The Kier molecular flexibility index (Phi) is 3.59. The van der Waals surface area contributed by atoms with E-state index in [4.69, 9.17) is 5.11 Å².